The van der Waals surface area contributed by atoms with Crippen LogP contribution in [0.25, 0.3) is 0 Å². The van der Waals surface area contributed by atoms with Crippen LogP contribution in [-0.2, 0) is 0 Å². The van der Waals surface area contributed by atoms with Crippen molar-refractivity contribution in [2.24, 2.45) is 0 Å². The fraction of sp³-hybridized carbons (Fsp3) is 0.462. The summed E-state index contributed by atoms with van der Waals surface area (Å²) in [7, 11) is 0. The molecule has 0 heterocycles. The highest BCUT2D eigenvalue weighted by molar-refractivity contribution is 5.36. The summed E-state index contributed by atoms with van der Waals surface area (Å²) in [6, 6.07) is 5.84. The Balaban J connectivity index is 2.00. The quantitative estimate of drug-likeness (QED) is 0.875. The van der Waals surface area contributed by atoms with Gasteiger partial charge < -0.3 is 9.84 Å². The van der Waals surface area contributed by atoms with Crippen LogP contribution in [0.5, 0.6) is 5.75 Å². The lowest BCUT2D eigenvalue weighted by Crippen LogP contribution is -2.32. The minimum absolute atomic E-state index is 0.00284. The molecule has 0 radical (unpaired) electrons. The molecule has 0 aromatic heterocycles. The molecule has 2 rings (SSSR count). The third-order valence-corrected chi connectivity index (χ3v) is 3.10. The number of hydrogen-bond acceptors (Lipinski definition) is 3. The lowest BCUT2D eigenvalue weighted by molar-refractivity contribution is 0.00132. The van der Waals surface area contributed by atoms with Gasteiger partial charge in [0.25, 0.3) is 0 Å². The maximum absolute atomic E-state index is 13.3. The normalized spacial score (nSPS) is 17.7. The first-order valence-corrected chi connectivity index (χ1v) is 5.68. The van der Waals surface area contributed by atoms with Crippen molar-refractivity contribution in [1.29, 1.82) is 5.26 Å². The average Bonchev–Trinajstić information content (AvgIpc) is 2.74. The van der Waals surface area contributed by atoms with E-state index in [9.17, 15) is 9.50 Å². The molecule has 90 valence electrons. The van der Waals surface area contributed by atoms with Crippen molar-refractivity contribution < 1.29 is 14.2 Å². The maximum atomic E-state index is 13.3. The van der Waals surface area contributed by atoms with E-state index >= 15 is 0 Å². The summed E-state index contributed by atoms with van der Waals surface area (Å²) >= 11 is 0. The second kappa shape index (κ2) is 4.72. The van der Waals surface area contributed by atoms with Gasteiger partial charge in [-0.25, -0.2) is 4.39 Å². The third-order valence-electron chi connectivity index (χ3n) is 3.10. The van der Waals surface area contributed by atoms with Crippen molar-refractivity contribution in [1.82, 2.24) is 0 Å². The van der Waals surface area contributed by atoms with Gasteiger partial charge in [0.15, 0.2) is 0 Å². The largest absolute Gasteiger partial charge is 0.490 e. The Labute approximate surface area is 99.4 Å². The van der Waals surface area contributed by atoms with E-state index in [1.807, 2.05) is 0 Å². The van der Waals surface area contributed by atoms with E-state index in [-0.39, 0.29) is 12.2 Å². The Morgan fingerprint density at radius 2 is 2.12 bits per heavy atom. The van der Waals surface area contributed by atoms with Gasteiger partial charge in [0.05, 0.1) is 11.2 Å². The van der Waals surface area contributed by atoms with Crippen molar-refractivity contribution in [2.45, 2.75) is 31.3 Å². The topological polar surface area (TPSA) is 53.2 Å². The van der Waals surface area contributed by atoms with Crippen molar-refractivity contribution in [2.75, 3.05) is 6.61 Å². The van der Waals surface area contributed by atoms with E-state index in [1.165, 1.54) is 12.1 Å². The second-order valence-corrected chi connectivity index (χ2v) is 4.47. The van der Waals surface area contributed by atoms with Crippen LogP contribution < -0.4 is 4.74 Å². The van der Waals surface area contributed by atoms with Crippen LogP contribution in [0, 0.1) is 17.1 Å². The van der Waals surface area contributed by atoms with Gasteiger partial charge in [-0.2, -0.15) is 5.26 Å². The molecule has 0 aliphatic heterocycles. The molecule has 0 amide bonds. The van der Waals surface area contributed by atoms with E-state index in [0.717, 1.165) is 25.7 Å². The molecule has 3 nitrogen and oxygen atoms in total. The van der Waals surface area contributed by atoms with Gasteiger partial charge in [0.1, 0.15) is 24.2 Å². The molecule has 0 saturated heterocycles. The van der Waals surface area contributed by atoms with Crippen LogP contribution in [0.2, 0.25) is 0 Å². The van der Waals surface area contributed by atoms with E-state index < -0.39 is 11.4 Å². The average molecular weight is 235 g/mol. The van der Waals surface area contributed by atoms with Crippen LogP contribution in [0.15, 0.2) is 18.2 Å². The Bertz CT molecular complexity index is 447. The number of nitrogens with zero attached hydrogens (tertiary/aromatic N) is 1. The van der Waals surface area contributed by atoms with Gasteiger partial charge in [-0.05, 0) is 25.0 Å². The standard InChI is InChI=1S/C13H14FNO2/c14-12-7-11(4-3-10(12)8-15)17-9-13(16)5-1-2-6-13/h3-4,7,16H,1-2,5-6,9H2. The molecule has 17 heavy (non-hydrogen) atoms. The number of rotatable bonds is 3. The van der Waals surface area contributed by atoms with E-state index in [2.05, 4.69) is 0 Å². The zero-order valence-electron chi connectivity index (χ0n) is 9.45. The summed E-state index contributed by atoms with van der Waals surface area (Å²) in [5.41, 5.74) is -0.776. The molecule has 1 saturated carbocycles. The van der Waals surface area contributed by atoms with Crippen molar-refractivity contribution in [3.05, 3.63) is 29.6 Å². The number of benzene rings is 1. The molecule has 0 bridgehead atoms. The number of nitriles is 1. The van der Waals surface area contributed by atoms with E-state index in [0.29, 0.717) is 5.75 Å². The number of halogens is 1. The van der Waals surface area contributed by atoms with Crippen molar-refractivity contribution >= 4 is 0 Å². The lowest BCUT2D eigenvalue weighted by Gasteiger charge is -2.22. The molecule has 1 aliphatic rings. The predicted octanol–water partition coefficient (Wildman–Crippen LogP) is 2.38. The van der Waals surface area contributed by atoms with Crippen molar-refractivity contribution in [3.8, 4) is 11.8 Å². The van der Waals surface area contributed by atoms with Crippen LogP contribution >= 0.6 is 0 Å². The Hall–Kier alpha value is -1.60. The first-order valence-electron chi connectivity index (χ1n) is 5.68. The fourth-order valence-electron chi connectivity index (χ4n) is 2.07. The van der Waals surface area contributed by atoms with E-state index in [1.54, 1.807) is 12.1 Å². The third kappa shape index (κ3) is 2.75. The summed E-state index contributed by atoms with van der Waals surface area (Å²) < 4.78 is 18.7. The van der Waals surface area contributed by atoms with Gasteiger partial charge in [-0.1, -0.05) is 12.8 Å². The summed E-state index contributed by atoms with van der Waals surface area (Å²) in [6.45, 7) is 0.179. The summed E-state index contributed by atoms with van der Waals surface area (Å²) in [4.78, 5) is 0. The highest BCUT2D eigenvalue weighted by Crippen LogP contribution is 2.30. The monoisotopic (exact) mass is 235 g/mol. The molecular weight excluding hydrogens is 221 g/mol. The Kier molecular flexibility index (Phi) is 3.30. The first kappa shape index (κ1) is 11.9. The van der Waals surface area contributed by atoms with Gasteiger partial charge in [-0.15, -0.1) is 0 Å². The minimum atomic E-state index is -0.773. The van der Waals surface area contributed by atoms with E-state index in [4.69, 9.17) is 10.00 Å². The molecule has 1 aliphatic carbocycles. The molecule has 1 fully saturated rings. The van der Waals surface area contributed by atoms with Gasteiger partial charge in [0.2, 0.25) is 0 Å². The summed E-state index contributed by atoms with van der Waals surface area (Å²) in [6.07, 6.45) is 3.46. The van der Waals surface area contributed by atoms with Crippen LogP contribution in [0.1, 0.15) is 31.2 Å². The molecule has 1 aromatic carbocycles. The fourth-order valence-corrected chi connectivity index (χ4v) is 2.07. The number of ether oxygens (including phenoxy) is 1. The molecule has 0 unspecified atom stereocenters. The Morgan fingerprint density at radius 3 is 2.71 bits per heavy atom. The molecule has 0 atom stereocenters. The van der Waals surface area contributed by atoms with Crippen molar-refractivity contribution in [3.63, 3.8) is 0 Å². The molecular formula is C13H14FNO2. The second-order valence-electron chi connectivity index (χ2n) is 4.47. The molecule has 1 aromatic rings. The molecule has 1 N–H and O–H groups in total. The zero-order valence-corrected chi connectivity index (χ0v) is 9.45. The van der Waals surface area contributed by atoms with Gasteiger partial charge in [0, 0.05) is 6.07 Å². The SMILES string of the molecule is N#Cc1ccc(OCC2(O)CCCC2)cc1F. The highest BCUT2D eigenvalue weighted by Gasteiger charge is 2.31. The van der Waals surface area contributed by atoms with Gasteiger partial charge in [-0.3, -0.25) is 0 Å². The lowest BCUT2D eigenvalue weighted by atomic mass is 10.0. The smallest absolute Gasteiger partial charge is 0.144 e. The van der Waals surface area contributed by atoms with Crippen LogP contribution in [0.3, 0.4) is 0 Å². The first-order chi connectivity index (χ1) is 8.13. The summed E-state index contributed by atoms with van der Waals surface area (Å²) in [5.74, 6) is -0.245. The van der Waals surface area contributed by atoms with Crippen LogP contribution in [0.4, 0.5) is 4.39 Å². The van der Waals surface area contributed by atoms with Crippen LogP contribution in [-0.4, -0.2) is 17.3 Å². The predicted molar refractivity (Wildman–Crippen MR) is 60.0 cm³/mol. The maximum Gasteiger partial charge on any atom is 0.144 e. The number of hydrogen-bond donors (Lipinski definition) is 1. The summed E-state index contributed by atoms with van der Waals surface area (Å²) in [5, 5.41) is 18.6. The minimum Gasteiger partial charge on any atom is -0.490 e. The van der Waals surface area contributed by atoms with Gasteiger partial charge >= 0.3 is 0 Å². The molecule has 4 heteroatoms. The highest BCUT2D eigenvalue weighted by atomic mass is 19.1. The molecule has 0 spiro atoms. The Morgan fingerprint density at radius 1 is 1.41 bits per heavy atom. The zero-order chi connectivity index (χ0) is 12.3. The number of aliphatic hydroxyl groups is 1.